The largest absolute Gasteiger partial charge is 0.507 e. The third kappa shape index (κ3) is 5.70. The van der Waals surface area contributed by atoms with E-state index >= 15 is 0 Å². The molecule has 0 atom stereocenters. The summed E-state index contributed by atoms with van der Waals surface area (Å²) >= 11 is 0. The molecule has 4 heteroatoms. The van der Waals surface area contributed by atoms with Gasteiger partial charge in [-0.1, -0.05) is 131 Å². The molecule has 1 aliphatic carbocycles. The van der Waals surface area contributed by atoms with Crippen LogP contribution in [0.5, 0.6) is 5.75 Å². The first-order valence-corrected chi connectivity index (χ1v) is 18.9. The van der Waals surface area contributed by atoms with E-state index in [4.69, 9.17) is 9.97 Å². The van der Waals surface area contributed by atoms with Gasteiger partial charge < -0.3 is 5.11 Å². The van der Waals surface area contributed by atoms with Gasteiger partial charge in [0.25, 0.3) is 0 Å². The molecule has 9 rings (SSSR count). The molecule has 2 heterocycles. The Morgan fingerprint density at radius 1 is 0.537 bits per heavy atom. The summed E-state index contributed by atoms with van der Waals surface area (Å²) in [5.74, 6) is 1.04. The van der Waals surface area contributed by atoms with Crippen LogP contribution in [0.4, 0.5) is 0 Å². The fourth-order valence-electron chi connectivity index (χ4n) is 8.45. The number of nitrogens with zero attached hydrogens (tertiary/aromatic N) is 3. The maximum absolute atomic E-state index is 12.5. The van der Waals surface area contributed by atoms with Gasteiger partial charge in [-0.15, -0.1) is 0 Å². The lowest BCUT2D eigenvalue weighted by Gasteiger charge is -2.42. The maximum atomic E-state index is 12.5. The molecule has 0 unspecified atom stereocenters. The van der Waals surface area contributed by atoms with Crippen molar-refractivity contribution in [2.24, 2.45) is 0 Å². The smallest absolute Gasteiger partial charge is 0.149 e. The summed E-state index contributed by atoms with van der Waals surface area (Å²) < 4.78 is 2.25. The molecule has 264 valence electrons. The van der Waals surface area contributed by atoms with Crippen molar-refractivity contribution >= 4 is 11.0 Å². The van der Waals surface area contributed by atoms with E-state index in [1.807, 2.05) is 30.5 Å². The minimum absolute atomic E-state index is 0.0385. The second-order valence-electron chi connectivity index (χ2n) is 15.9. The van der Waals surface area contributed by atoms with Crippen LogP contribution in [-0.4, -0.2) is 19.6 Å². The van der Waals surface area contributed by atoms with Crippen LogP contribution in [0.1, 0.15) is 51.7 Å². The van der Waals surface area contributed by atoms with Gasteiger partial charge in [0.1, 0.15) is 11.6 Å². The lowest BCUT2D eigenvalue weighted by molar-refractivity contribution is 0.318. The summed E-state index contributed by atoms with van der Waals surface area (Å²) in [5, 5.41) is 12.5. The molecule has 1 aliphatic rings. The third-order valence-electron chi connectivity index (χ3n) is 11.4. The third-order valence-corrected chi connectivity index (χ3v) is 11.4. The van der Waals surface area contributed by atoms with E-state index in [0.29, 0.717) is 11.6 Å². The Labute approximate surface area is 317 Å². The predicted molar refractivity (Wildman–Crippen MR) is 223 cm³/mol. The van der Waals surface area contributed by atoms with Gasteiger partial charge >= 0.3 is 0 Å². The SMILES string of the molecule is CC1(C)CCC(C)(C)c2c1ccc(-c1nc3c(-c4cc(-c5ccccc5)cc(-c5ccccn5)c4)cccc3n1-c1ccccc1-c1ccccc1)c2O. The molecule has 0 radical (unpaired) electrons. The van der Waals surface area contributed by atoms with Gasteiger partial charge in [-0.05, 0) is 100 Å². The molecule has 6 aromatic carbocycles. The number of para-hydroxylation sites is 2. The zero-order chi connectivity index (χ0) is 37.0. The van der Waals surface area contributed by atoms with Crippen LogP contribution in [-0.2, 0) is 10.8 Å². The fraction of sp³-hybridized carbons (Fsp3) is 0.160. The van der Waals surface area contributed by atoms with Gasteiger partial charge in [0.05, 0.1) is 28.0 Å². The number of phenolic OH excluding ortho intramolecular Hbond substituents is 1. The monoisotopic (exact) mass is 701 g/mol. The van der Waals surface area contributed by atoms with E-state index < -0.39 is 0 Å². The predicted octanol–water partition coefficient (Wildman–Crippen LogP) is 12.8. The number of phenols is 1. The zero-order valence-corrected chi connectivity index (χ0v) is 31.2. The molecule has 4 nitrogen and oxygen atoms in total. The van der Waals surface area contributed by atoms with Gasteiger partial charge in [-0.25, -0.2) is 4.98 Å². The molecule has 0 saturated carbocycles. The highest BCUT2D eigenvalue weighted by molar-refractivity contribution is 5.98. The Bertz CT molecular complexity index is 2600. The van der Waals surface area contributed by atoms with Gasteiger partial charge in [-0.2, -0.15) is 0 Å². The van der Waals surface area contributed by atoms with Crippen molar-refractivity contribution in [1.82, 2.24) is 14.5 Å². The van der Waals surface area contributed by atoms with Crippen molar-refractivity contribution in [3.8, 4) is 67.5 Å². The minimum Gasteiger partial charge on any atom is -0.507 e. The summed E-state index contributed by atoms with van der Waals surface area (Å²) in [5.41, 5.74) is 14.0. The van der Waals surface area contributed by atoms with E-state index in [-0.39, 0.29) is 10.8 Å². The van der Waals surface area contributed by atoms with Gasteiger partial charge in [0.2, 0.25) is 0 Å². The van der Waals surface area contributed by atoms with Crippen LogP contribution in [0.25, 0.3) is 72.7 Å². The second-order valence-corrected chi connectivity index (χ2v) is 15.9. The van der Waals surface area contributed by atoms with Crippen molar-refractivity contribution in [2.45, 2.75) is 51.4 Å². The van der Waals surface area contributed by atoms with E-state index in [0.717, 1.165) is 85.3 Å². The van der Waals surface area contributed by atoms with Crippen molar-refractivity contribution in [1.29, 1.82) is 0 Å². The van der Waals surface area contributed by atoms with E-state index in [9.17, 15) is 5.11 Å². The number of aromatic nitrogens is 3. The van der Waals surface area contributed by atoms with E-state index in [1.54, 1.807) is 0 Å². The summed E-state index contributed by atoms with van der Waals surface area (Å²) in [6.45, 7) is 9.10. The number of imidazole rings is 1. The van der Waals surface area contributed by atoms with Crippen molar-refractivity contribution < 1.29 is 5.11 Å². The van der Waals surface area contributed by atoms with Crippen LogP contribution >= 0.6 is 0 Å². The molecule has 54 heavy (non-hydrogen) atoms. The molecule has 0 saturated heterocycles. The van der Waals surface area contributed by atoms with Crippen molar-refractivity contribution in [2.75, 3.05) is 0 Å². The molecule has 1 N–H and O–H groups in total. The quantitative estimate of drug-likeness (QED) is 0.188. The highest BCUT2D eigenvalue weighted by Gasteiger charge is 2.40. The van der Waals surface area contributed by atoms with E-state index in [1.165, 1.54) is 5.56 Å². The topological polar surface area (TPSA) is 50.9 Å². The first kappa shape index (κ1) is 33.6. The summed E-state index contributed by atoms with van der Waals surface area (Å²) in [7, 11) is 0. The van der Waals surface area contributed by atoms with Crippen molar-refractivity contribution in [3.05, 3.63) is 169 Å². The molecular formula is C50H43N3O. The molecule has 0 aliphatic heterocycles. The Hall–Kier alpha value is -6.26. The Morgan fingerprint density at radius 3 is 1.94 bits per heavy atom. The number of hydrogen-bond donors (Lipinski definition) is 1. The van der Waals surface area contributed by atoms with Crippen LogP contribution < -0.4 is 0 Å². The van der Waals surface area contributed by atoms with Gasteiger partial charge in [0, 0.05) is 28.5 Å². The number of aromatic hydroxyl groups is 1. The average Bonchev–Trinajstić information content (AvgIpc) is 3.60. The Balaban J connectivity index is 1.35. The lowest BCUT2D eigenvalue weighted by Crippen LogP contribution is -2.34. The summed E-state index contributed by atoms with van der Waals surface area (Å²) in [6.07, 6.45) is 3.91. The Kier molecular flexibility index (Phi) is 8.08. The first-order chi connectivity index (χ1) is 26.2. The maximum Gasteiger partial charge on any atom is 0.149 e. The minimum atomic E-state index is -0.186. The fourth-order valence-corrected chi connectivity index (χ4v) is 8.45. The van der Waals surface area contributed by atoms with Crippen LogP contribution in [0, 0.1) is 0 Å². The standard InChI is InChI=1S/C50H43N3O/c1-49(2)27-28-50(3,4)45-41(49)26-25-40(47(45)54)48-52-46-39(21-15-24-44(46)53(48)43-23-12-11-20-38(43)34-18-9-6-10-19-34)36-30-35(33-16-7-5-8-17-33)31-37(32-36)42-22-13-14-29-51-42/h5-26,29-32,54H,27-28H2,1-4H3. The highest BCUT2D eigenvalue weighted by atomic mass is 16.3. The first-order valence-electron chi connectivity index (χ1n) is 18.9. The zero-order valence-electron chi connectivity index (χ0n) is 31.2. The normalized spacial score (nSPS) is 14.5. The van der Waals surface area contributed by atoms with Crippen LogP contribution in [0.3, 0.4) is 0 Å². The number of fused-ring (bicyclic) bond motifs is 2. The van der Waals surface area contributed by atoms with Crippen LogP contribution in [0.2, 0.25) is 0 Å². The lowest BCUT2D eigenvalue weighted by atomic mass is 9.62. The molecule has 8 aromatic rings. The van der Waals surface area contributed by atoms with E-state index in [2.05, 4.69) is 160 Å². The van der Waals surface area contributed by atoms with Crippen molar-refractivity contribution in [3.63, 3.8) is 0 Å². The summed E-state index contributed by atoms with van der Waals surface area (Å²) in [4.78, 5) is 10.3. The molecule has 2 aromatic heterocycles. The molecule has 0 fully saturated rings. The number of hydrogen-bond acceptors (Lipinski definition) is 3. The Morgan fingerprint density at radius 2 is 1.19 bits per heavy atom. The molecule has 0 amide bonds. The molecule has 0 spiro atoms. The average molecular weight is 702 g/mol. The van der Waals surface area contributed by atoms with Gasteiger partial charge in [-0.3, -0.25) is 9.55 Å². The summed E-state index contributed by atoms with van der Waals surface area (Å²) in [6, 6.07) is 53.0. The number of rotatable bonds is 6. The number of pyridine rings is 1. The second kappa shape index (κ2) is 13.0. The van der Waals surface area contributed by atoms with Crippen LogP contribution in [0.15, 0.2) is 158 Å². The molecular weight excluding hydrogens is 659 g/mol. The highest BCUT2D eigenvalue weighted by Crippen LogP contribution is 2.52. The van der Waals surface area contributed by atoms with Gasteiger partial charge in [0.15, 0.2) is 0 Å². The molecule has 0 bridgehead atoms. The number of benzene rings is 6.